The maximum atomic E-state index is 8.95. The molecule has 4 nitrogen and oxygen atoms in total. The van der Waals surface area contributed by atoms with Crippen LogP contribution in [0.5, 0.6) is 0 Å². The number of rotatable bonds is 4. The third-order valence-corrected chi connectivity index (χ3v) is 4.34. The lowest BCUT2D eigenvalue weighted by Crippen LogP contribution is -2.61. The van der Waals surface area contributed by atoms with E-state index in [1.807, 2.05) is 6.92 Å². The van der Waals surface area contributed by atoms with Crippen molar-refractivity contribution in [2.75, 3.05) is 26.3 Å². The predicted octanol–water partition coefficient (Wildman–Crippen LogP) is 1.67. The fraction of sp³-hybridized carbons (Fsp3) is 0.846. The van der Waals surface area contributed by atoms with E-state index in [2.05, 4.69) is 17.9 Å². The van der Waals surface area contributed by atoms with Gasteiger partial charge in [0.1, 0.15) is 0 Å². The molecule has 2 saturated heterocycles. The molecule has 0 aromatic rings. The van der Waals surface area contributed by atoms with Gasteiger partial charge < -0.3 is 10.1 Å². The van der Waals surface area contributed by atoms with E-state index in [9.17, 15) is 0 Å². The fourth-order valence-corrected chi connectivity index (χ4v) is 3.04. The van der Waals surface area contributed by atoms with E-state index in [1.165, 1.54) is 0 Å². The monoisotopic (exact) mass is 235 g/mol. The smallest absolute Gasteiger partial charge is 0.0809 e. The van der Waals surface area contributed by atoms with Gasteiger partial charge in [0.15, 0.2) is 0 Å². The molecule has 1 N–H and O–H groups in total. The SMILES string of the molecule is CCC1CN(C2(CC#N)COC2)CC1C(C)=N. The van der Waals surface area contributed by atoms with Gasteiger partial charge in [-0.2, -0.15) is 5.26 Å². The molecule has 2 aliphatic heterocycles. The molecule has 17 heavy (non-hydrogen) atoms. The molecule has 2 aliphatic rings. The van der Waals surface area contributed by atoms with E-state index in [0.717, 1.165) is 25.2 Å². The highest BCUT2D eigenvalue weighted by atomic mass is 16.5. The van der Waals surface area contributed by atoms with Gasteiger partial charge in [0.05, 0.1) is 31.2 Å². The van der Waals surface area contributed by atoms with Gasteiger partial charge >= 0.3 is 0 Å². The molecule has 0 spiro atoms. The van der Waals surface area contributed by atoms with Crippen LogP contribution in [0.1, 0.15) is 26.7 Å². The van der Waals surface area contributed by atoms with Gasteiger partial charge in [-0.1, -0.05) is 13.3 Å². The summed E-state index contributed by atoms with van der Waals surface area (Å²) in [5, 5.41) is 16.8. The molecule has 0 bridgehead atoms. The molecule has 0 aromatic heterocycles. The summed E-state index contributed by atoms with van der Waals surface area (Å²) < 4.78 is 5.32. The van der Waals surface area contributed by atoms with Crippen molar-refractivity contribution in [3.63, 3.8) is 0 Å². The Morgan fingerprint density at radius 2 is 2.24 bits per heavy atom. The van der Waals surface area contributed by atoms with Crippen molar-refractivity contribution in [3.8, 4) is 6.07 Å². The van der Waals surface area contributed by atoms with Crippen LogP contribution in [-0.4, -0.2) is 42.5 Å². The zero-order valence-corrected chi connectivity index (χ0v) is 10.7. The molecule has 0 aromatic carbocycles. The van der Waals surface area contributed by atoms with Crippen molar-refractivity contribution in [1.82, 2.24) is 4.90 Å². The molecule has 0 aliphatic carbocycles. The quantitative estimate of drug-likeness (QED) is 0.754. The molecular weight excluding hydrogens is 214 g/mol. The van der Waals surface area contributed by atoms with Crippen molar-refractivity contribution in [2.45, 2.75) is 32.2 Å². The summed E-state index contributed by atoms with van der Waals surface area (Å²) in [7, 11) is 0. The number of hydrogen-bond acceptors (Lipinski definition) is 4. The lowest BCUT2D eigenvalue weighted by Gasteiger charge is -2.47. The highest BCUT2D eigenvalue weighted by Crippen LogP contribution is 2.37. The van der Waals surface area contributed by atoms with E-state index in [-0.39, 0.29) is 5.54 Å². The average Bonchev–Trinajstić information content (AvgIpc) is 2.67. The molecule has 0 saturated carbocycles. The zero-order valence-electron chi connectivity index (χ0n) is 10.7. The molecule has 2 unspecified atom stereocenters. The van der Waals surface area contributed by atoms with E-state index in [1.54, 1.807) is 0 Å². The van der Waals surface area contributed by atoms with Crippen LogP contribution in [0.3, 0.4) is 0 Å². The summed E-state index contributed by atoms with van der Waals surface area (Å²) in [6.07, 6.45) is 1.66. The summed E-state index contributed by atoms with van der Waals surface area (Å²) in [4.78, 5) is 2.40. The molecule has 94 valence electrons. The normalized spacial score (nSPS) is 31.8. The topological polar surface area (TPSA) is 60.1 Å². The van der Waals surface area contributed by atoms with Crippen molar-refractivity contribution >= 4 is 5.71 Å². The van der Waals surface area contributed by atoms with Gasteiger partial charge in [0, 0.05) is 24.7 Å². The van der Waals surface area contributed by atoms with Crippen LogP contribution in [0.4, 0.5) is 0 Å². The number of nitrogens with zero attached hydrogens (tertiary/aromatic N) is 2. The van der Waals surface area contributed by atoms with Gasteiger partial charge in [-0.15, -0.1) is 0 Å². The van der Waals surface area contributed by atoms with Crippen LogP contribution in [0, 0.1) is 28.6 Å². The first-order valence-electron chi connectivity index (χ1n) is 6.38. The Morgan fingerprint density at radius 3 is 2.59 bits per heavy atom. The zero-order chi connectivity index (χ0) is 12.5. The van der Waals surface area contributed by atoms with Gasteiger partial charge in [0.25, 0.3) is 0 Å². The minimum absolute atomic E-state index is 0.0492. The fourth-order valence-electron chi connectivity index (χ4n) is 3.04. The first-order chi connectivity index (χ1) is 8.13. The average molecular weight is 235 g/mol. The van der Waals surface area contributed by atoms with Gasteiger partial charge in [-0.3, -0.25) is 4.90 Å². The Hall–Kier alpha value is -0.920. The Bertz CT molecular complexity index is 343. The molecule has 2 heterocycles. The Kier molecular flexibility index (Phi) is 3.50. The standard InChI is InChI=1S/C13H21N3O/c1-3-11-6-16(7-12(11)10(2)15)13(4-5-14)8-17-9-13/h11-12,15H,3-4,6-9H2,1-2H3. The number of hydrogen-bond donors (Lipinski definition) is 1. The summed E-state index contributed by atoms with van der Waals surface area (Å²) in [5.74, 6) is 0.944. The van der Waals surface area contributed by atoms with Crippen LogP contribution < -0.4 is 0 Å². The van der Waals surface area contributed by atoms with Crippen molar-refractivity contribution in [1.29, 1.82) is 10.7 Å². The second kappa shape index (κ2) is 4.75. The van der Waals surface area contributed by atoms with Crippen LogP contribution in [0.25, 0.3) is 0 Å². The number of likely N-dealkylation sites (tertiary alicyclic amines) is 1. The minimum Gasteiger partial charge on any atom is -0.377 e. The largest absolute Gasteiger partial charge is 0.377 e. The van der Waals surface area contributed by atoms with E-state index >= 15 is 0 Å². The maximum absolute atomic E-state index is 8.95. The predicted molar refractivity (Wildman–Crippen MR) is 66.0 cm³/mol. The number of nitrogens with one attached hydrogen (secondary N) is 1. The molecule has 2 rings (SSSR count). The first-order valence-corrected chi connectivity index (χ1v) is 6.38. The molecule has 0 amide bonds. The van der Waals surface area contributed by atoms with Crippen molar-refractivity contribution < 1.29 is 4.74 Å². The number of nitriles is 1. The van der Waals surface area contributed by atoms with Crippen molar-refractivity contribution in [2.24, 2.45) is 11.8 Å². The van der Waals surface area contributed by atoms with Gasteiger partial charge in [0.2, 0.25) is 0 Å². The lowest BCUT2D eigenvalue weighted by molar-refractivity contribution is -0.132. The highest BCUT2D eigenvalue weighted by Gasteiger charge is 2.49. The summed E-state index contributed by atoms with van der Waals surface area (Å²) in [5.41, 5.74) is 0.735. The Morgan fingerprint density at radius 1 is 1.53 bits per heavy atom. The first kappa shape index (κ1) is 12.5. The Labute approximate surface area is 103 Å². The molecule has 2 atom stereocenters. The summed E-state index contributed by atoms with van der Waals surface area (Å²) >= 11 is 0. The summed E-state index contributed by atoms with van der Waals surface area (Å²) in [6, 6.07) is 2.29. The second-order valence-electron chi connectivity index (χ2n) is 5.41. The molecule has 4 heteroatoms. The Balaban J connectivity index is 2.09. The van der Waals surface area contributed by atoms with Crippen LogP contribution in [-0.2, 0) is 4.74 Å². The van der Waals surface area contributed by atoms with E-state index in [4.69, 9.17) is 15.4 Å². The third kappa shape index (κ3) is 2.10. The second-order valence-corrected chi connectivity index (χ2v) is 5.41. The van der Waals surface area contributed by atoms with Gasteiger partial charge in [-0.05, 0) is 12.8 Å². The number of ether oxygens (including phenoxy) is 1. The minimum atomic E-state index is -0.0492. The van der Waals surface area contributed by atoms with E-state index in [0.29, 0.717) is 31.5 Å². The highest BCUT2D eigenvalue weighted by molar-refractivity contribution is 5.82. The maximum Gasteiger partial charge on any atom is 0.0809 e. The van der Waals surface area contributed by atoms with E-state index < -0.39 is 0 Å². The third-order valence-electron chi connectivity index (χ3n) is 4.34. The van der Waals surface area contributed by atoms with Crippen molar-refractivity contribution in [3.05, 3.63) is 0 Å². The van der Waals surface area contributed by atoms with Gasteiger partial charge in [-0.25, -0.2) is 0 Å². The van der Waals surface area contributed by atoms with Crippen LogP contribution >= 0.6 is 0 Å². The van der Waals surface area contributed by atoms with Crippen LogP contribution in [0.15, 0.2) is 0 Å². The molecular formula is C13H21N3O. The summed E-state index contributed by atoms with van der Waals surface area (Å²) in [6.45, 7) is 7.41. The van der Waals surface area contributed by atoms with Crippen LogP contribution in [0.2, 0.25) is 0 Å². The molecule has 0 radical (unpaired) electrons. The molecule has 2 fully saturated rings. The lowest BCUT2D eigenvalue weighted by atomic mass is 9.90.